The van der Waals surface area contributed by atoms with Crippen LogP contribution in [0.4, 0.5) is 0 Å². The second kappa shape index (κ2) is 7.59. The third-order valence-electron chi connectivity index (χ3n) is 6.08. The Labute approximate surface area is 186 Å². The molecular formula is C28H20BNO2. The van der Waals surface area contributed by atoms with Crippen molar-refractivity contribution < 1.29 is 9.68 Å². The van der Waals surface area contributed by atoms with Crippen LogP contribution < -0.4 is 4.65 Å². The van der Waals surface area contributed by atoms with Crippen molar-refractivity contribution in [3.8, 4) is 22.6 Å². The number of fused-ring (bicyclic) bond motifs is 4. The Bertz CT molecular complexity index is 1580. The molecule has 1 heterocycles. The van der Waals surface area contributed by atoms with Gasteiger partial charge in [-0.25, -0.2) is 0 Å². The number of aromatic nitrogens is 1. The smallest absolute Gasteiger partial charge is 0.504 e. The van der Waals surface area contributed by atoms with E-state index in [9.17, 15) is 0 Å². The minimum Gasteiger partial charge on any atom is -0.539 e. The maximum absolute atomic E-state index is 8.97. The number of benzene rings is 5. The second-order valence-electron chi connectivity index (χ2n) is 7.91. The van der Waals surface area contributed by atoms with Crippen LogP contribution in [0, 0.1) is 0 Å². The molecule has 3 nitrogen and oxygen atoms in total. The van der Waals surface area contributed by atoms with Gasteiger partial charge in [0.1, 0.15) is 5.75 Å². The molecule has 0 spiro atoms. The van der Waals surface area contributed by atoms with E-state index < -0.39 is 0 Å². The highest BCUT2D eigenvalue weighted by molar-refractivity contribution is 6.17. The Morgan fingerprint density at radius 1 is 0.594 bits per heavy atom. The largest absolute Gasteiger partial charge is 0.539 e. The minimum absolute atomic E-state index is 0.322. The molecule has 0 saturated heterocycles. The van der Waals surface area contributed by atoms with Crippen molar-refractivity contribution in [2.45, 2.75) is 0 Å². The zero-order valence-electron chi connectivity index (χ0n) is 17.4. The predicted octanol–water partition coefficient (Wildman–Crippen LogP) is 6.24. The average molecular weight is 413 g/mol. The molecule has 32 heavy (non-hydrogen) atoms. The topological polar surface area (TPSA) is 34.4 Å². The van der Waals surface area contributed by atoms with E-state index in [1.54, 1.807) is 0 Å². The molecular weight excluding hydrogens is 393 g/mol. The van der Waals surface area contributed by atoms with Gasteiger partial charge in [0.05, 0.1) is 11.0 Å². The third kappa shape index (κ3) is 3.05. The van der Waals surface area contributed by atoms with Crippen molar-refractivity contribution in [1.82, 2.24) is 4.57 Å². The summed E-state index contributed by atoms with van der Waals surface area (Å²) in [4.78, 5) is 0. The first kappa shape index (κ1) is 18.7. The fraction of sp³-hybridized carbons (Fsp3) is 0. The standard InChI is InChI=1S/C28H20BNO2/c31-29-32-24-14-10-20(11-15-24)22-12-16-26-25-7-3-4-8-27(25)30(28(26)18-22)23-13-9-19-5-1-2-6-21(19)17-23/h1-18,29,31H. The first-order chi connectivity index (χ1) is 15.8. The molecule has 152 valence electrons. The molecule has 6 rings (SSSR count). The van der Waals surface area contributed by atoms with Crippen molar-refractivity contribution in [2.75, 3.05) is 0 Å². The lowest BCUT2D eigenvalue weighted by molar-refractivity contribution is 0.454. The molecule has 0 saturated carbocycles. The van der Waals surface area contributed by atoms with Gasteiger partial charge in [-0.2, -0.15) is 0 Å². The van der Waals surface area contributed by atoms with Crippen molar-refractivity contribution in [1.29, 1.82) is 0 Å². The molecule has 1 N–H and O–H groups in total. The van der Waals surface area contributed by atoms with Crippen molar-refractivity contribution in [2.24, 2.45) is 0 Å². The quantitative estimate of drug-likeness (QED) is 0.347. The average Bonchev–Trinajstić information content (AvgIpc) is 3.18. The highest BCUT2D eigenvalue weighted by atomic mass is 16.5. The van der Waals surface area contributed by atoms with E-state index in [0.29, 0.717) is 5.75 Å². The molecule has 0 aliphatic heterocycles. The van der Waals surface area contributed by atoms with Crippen LogP contribution in [0.5, 0.6) is 5.75 Å². The van der Waals surface area contributed by atoms with Gasteiger partial charge in [-0.05, 0) is 58.3 Å². The Morgan fingerprint density at radius 2 is 1.31 bits per heavy atom. The summed E-state index contributed by atoms with van der Waals surface area (Å²) in [6.07, 6.45) is 0. The summed E-state index contributed by atoms with van der Waals surface area (Å²) in [7, 11) is -0.322. The van der Waals surface area contributed by atoms with E-state index in [1.165, 1.54) is 32.6 Å². The van der Waals surface area contributed by atoms with Gasteiger partial charge >= 0.3 is 7.69 Å². The Balaban J connectivity index is 1.59. The highest BCUT2D eigenvalue weighted by Crippen LogP contribution is 2.35. The third-order valence-corrected chi connectivity index (χ3v) is 6.08. The van der Waals surface area contributed by atoms with Crippen LogP contribution in [0.2, 0.25) is 0 Å². The molecule has 0 atom stereocenters. The van der Waals surface area contributed by atoms with E-state index in [4.69, 9.17) is 9.68 Å². The Kier molecular flexibility index (Phi) is 4.44. The lowest BCUT2D eigenvalue weighted by atomic mass is 10.0. The Hall–Kier alpha value is -4.02. The van der Waals surface area contributed by atoms with Gasteiger partial charge in [-0.3, -0.25) is 0 Å². The van der Waals surface area contributed by atoms with Gasteiger partial charge in [-0.1, -0.05) is 72.8 Å². The van der Waals surface area contributed by atoms with Gasteiger partial charge < -0.3 is 14.2 Å². The van der Waals surface area contributed by atoms with Crippen LogP contribution in [0.3, 0.4) is 0 Å². The molecule has 0 unspecified atom stereocenters. The molecule has 5 aromatic carbocycles. The number of para-hydroxylation sites is 1. The molecule has 0 radical (unpaired) electrons. The summed E-state index contributed by atoms with van der Waals surface area (Å²) in [5.74, 6) is 0.655. The summed E-state index contributed by atoms with van der Waals surface area (Å²) >= 11 is 0. The van der Waals surface area contributed by atoms with Gasteiger partial charge in [-0.15, -0.1) is 0 Å². The summed E-state index contributed by atoms with van der Waals surface area (Å²) in [5, 5.41) is 13.9. The van der Waals surface area contributed by atoms with Gasteiger partial charge in [0, 0.05) is 16.5 Å². The SMILES string of the molecule is OBOc1ccc(-c2ccc3c4ccccc4n(-c4ccc5ccccc5c4)c3c2)cc1. The Morgan fingerprint density at radius 3 is 2.16 bits per heavy atom. The van der Waals surface area contributed by atoms with Crippen LogP contribution in [-0.4, -0.2) is 17.3 Å². The fourth-order valence-electron chi connectivity index (χ4n) is 4.56. The maximum Gasteiger partial charge on any atom is 0.504 e. The fourth-order valence-corrected chi connectivity index (χ4v) is 4.56. The van der Waals surface area contributed by atoms with E-state index >= 15 is 0 Å². The summed E-state index contributed by atoms with van der Waals surface area (Å²) in [5.41, 5.74) is 5.76. The summed E-state index contributed by atoms with van der Waals surface area (Å²) < 4.78 is 7.52. The first-order valence-corrected chi connectivity index (χ1v) is 10.7. The van der Waals surface area contributed by atoms with Crippen LogP contribution in [-0.2, 0) is 0 Å². The van der Waals surface area contributed by atoms with Crippen LogP contribution in [0.1, 0.15) is 0 Å². The predicted molar refractivity (Wildman–Crippen MR) is 134 cm³/mol. The number of hydrogen-bond donors (Lipinski definition) is 1. The van der Waals surface area contributed by atoms with Crippen molar-refractivity contribution >= 4 is 40.3 Å². The molecule has 4 heteroatoms. The van der Waals surface area contributed by atoms with Crippen LogP contribution in [0.15, 0.2) is 109 Å². The lowest BCUT2D eigenvalue weighted by Crippen LogP contribution is -1.99. The van der Waals surface area contributed by atoms with Crippen LogP contribution in [0.25, 0.3) is 49.4 Å². The number of nitrogens with zero attached hydrogens (tertiary/aromatic N) is 1. The van der Waals surface area contributed by atoms with E-state index in [2.05, 4.69) is 89.5 Å². The summed E-state index contributed by atoms with van der Waals surface area (Å²) in [6.45, 7) is 0. The van der Waals surface area contributed by atoms with Gasteiger partial charge in [0.15, 0.2) is 0 Å². The number of rotatable bonds is 4. The van der Waals surface area contributed by atoms with Crippen molar-refractivity contribution in [3.63, 3.8) is 0 Å². The minimum atomic E-state index is -0.322. The van der Waals surface area contributed by atoms with E-state index in [-0.39, 0.29) is 7.69 Å². The number of hydrogen-bond acceptors (Lipinski definition) is 2. The molecule has 1 aromatic heterocycles. The van der Waals surface area contributed by atoms with Crippen molar-refractivity contribution in [3.05, 3.63) is 109 Å². The molecule has 0 aliphatic carbocycles. The molecule has 0 bridgehead atoms. The van der Waals surface area contributed by atoms with E-state index in [0.717, 1.165) is 16.8 Å². The zero-order valence-corrected chi connectivity index (χ0v) is 17.4. The zero-order chi connectivity index (χ0) is 21.5. The highest BCUT2D eigenvalue weighted by Gasteiger charge is 2.13. The van der Waals surface area contributed by atoms with Gasteiger partial charge in [0.25, 0.3) is 0 Å². The second-order valence-corrected chi connectivity index (χ2v) is 7.91. The van der Waals surface area contributed by atoms with E-state index in [1.807, 2.05) is 24.3 Å². The van der Waals surface area contributed by atoms with Crippen LogP contribution >= 0.6 is 0 Å². The monoisotopic (exact) mass is 413 g/mol. The molecule has 6 aromatic rings. The van der Waals surface area contributed by atoms with Gasteiger partial charge in [0.2, 0.25) is 0 Å². The maximum atomic E-state index is 8.97. The molecule has 0 aliphatic rings. The first-order valence-electron chi connectivity index (χ1n) is 10.7. The lowest BCUT2D eigenvalue weighted by Gasteiger charge is -2.10. The summed E-state index contributed by atoms with van der Waals surface area (Å²) in [6, 6.07) is 38.1. The molecule has 0 amide bonds. The molecule has 0 fully saturated rings. The normalized spacial score (nSPS) is 11.3.